The number of fused-ring (bicyclic) bond motifs is 1. The van der Waals surface area contributed by atoms with E-state index in [1.165, 1.54) is 19.2 Å². The zero-order valence-corrected chi connectivity index (χ0v) is 12.0. The Morgan fingerprint density at radius 1 is 1.32 bits per heavy atom. The van der Waals surface area contributed by atoms with Gasteiger partial charge in [-0.05, 0) is 42.2 Å². The van der Waals surface area contributed by atoms with Gasteiger partial charge in [0.1, 0.15) is 5.82 Å². The predicted octanol–water partition coefficient (Wildman–Crippen LogP) is 3.84. The molecule has 3 rings (SSSR count). The largest absolute Gasteiger partial charge is 0.490 e. The zero-order chi connectivity index (χ0) is 15.7. The van der Waals surface area contributed by atoms with E-state index in [4.69, 9.17) is 4.74 Å². The summed E-state index contributed by atoms with van der Waals surface area (Å²) in [6, 6.07) is 9.45. The fourth-order valence-electron chi connectivity index (χ4n) is 2.84. The maximum absolute atomic E-state index is 13.4. The van der Waals surface area contributed by atoms with Crippen molar-refractivity contribution >= 4 is 11.4 Å². The first-order valence-corrected chi connectivity index (χ1v) is 6.96. The van der Waals surface area contributed by atoms with Gasteiger partial charge in [-0.2, -0.15) is 0 Å². The van der Waals surface area contributed by atoms with Crippen molar-refractivity contribution in [1.29, 1.82) is 0 Å². The summed E-state index contributed by atoms with van der Waals surface area (Å²) in [5, 5.41) is 14.2. The third-order valence-electron chi connectivity index (χ3n) is 3.90. The highest BCUT2D eigenvalue weighted by atomic mass is 19.1. The van der Waals surface area contributed by atoms with Crippen molar-refractivity contribution in [2.75, 3.05) is 12.4 Å². The molecular formula is C16H15FN2O3. The van der Waals surface area contributed by atoms with E-state index in [9.17, 15) is 14.5 Å². The summed E-state index contributed by atoms with van der Waals surface area (Å²) in [4.78, 5) is 10.4. The summed E-state index contributed by atoms with van der Waals surface area (Å²) in [5.74, 6) is -0.0545. The van der Waals surface area contributed by atoms with Gasteiger partial charge in [-0.3, -0.25) is 10.1 Å². The molecule has 0 aliphatic heterocycles. The lowest BCUT2D eigenvalue weighted by molar-refractivity contribution is -0.385. The number of hydrogen-bond donors (Lipinski definition) is 1. The van der Waals surface area contributed by atoms with Crippen LogP contribution in [0.1, 0.15) is 23.6 Å². The number of anilines is 1. The number of rotatable bonds is 4. The van der Waals surface area contributed by atoms with Gasteiger partial charge in [-0.15, -0.1) is 0 Å². The lowest BCUT2D eigenvalue weighted by atomic mass is 10.1. The van der Waals surface area contributed by atoms with E-state index in [0.29, 0.717) is 5.69 Å². The molecule has 1 atom stereocenters. The van der Waals surface area contributed by atoms with E-state index < -0.39 is 4.92 Å². The van der Waals surface area contributed by atoms with Crippen LogP contribution in [0.2, 0.25) is 0 Å². The van der Waals surface area contributed by atoms with E-state index >= 15 is 0 Å². The molecule has 1 aliphatic rings. The minimum Gasteiger partial charge on any atom is -0.490 e. The monoisotopic (exact) mass is 302 g/mol. The van der Waals surface area contributed by atoms with Crippen LogP contribution in [0.5, 0.6) is 5.75 Å². The minimum absolute atomic E-state index is 0.00291. The quantitative estimate of drug-likeness (QED) is 0.688. The first kappa shape index (κ1) is 14.3. The molecule has 0 bridgehead atoms. The molecule has 0 aromatic heterocycles. The van der Waals surface area contributed by atoms with E-state index in [2.05, 4.69) is 5.32 Å². The van der Waals surface area contributed by atoms with E-state index in [0.717, 1.165) is 24.0 Å². The molecule has 22 heavy (non-hydrogen) atoms. The Bertz CT molecular complexity index is 733. The SMILES string of the molecule is COc1cc(NC2CCc3ccc(F)cc32)ccc1[N+](=O)[O-]. The van der Waals surface area contributed by atoms with Crippen LogP contribution >= 0.6 is 0 Å². The summed E-state index contributed by atoms with van der Waals surface area (Å²) in [6.07, 6.45) is 1.75. The van der Waals surface area contributed by atoms with Gasteiger partial charge in [0.15, 0.2) is 5.75 Å². The van der Waals surface area contributed by atoms with Crippen molar-refractivity contribution in [1.82, 2.24) is 0 Å². The molecule has 0 spiro atoms. The highest BCUT2D eigenvalue weighted by molar-refractivity contribution is 5.59. The Morgan fingerprint density at radius 2 is 2.14 bits per heavy atom. The molecule has 0 radical (unpaired) electrons. The van der Waals surface area contributed by atoms with Crippen LogP contribution in [0.25, 0.3) is 0 Å². The van der Waals surface area contributed by atoms with Crippen molar-refractivity contribution in [2.45, 2.75) is 18.9 Å². The van der Waals surface area contributed by atoms with Gasteiger partial charge in [0, 0.05) is 17.8 Å². The Kier molecular flexibility index (Phi) is 3.66. The standard InChI is InChI=1S/C16H15FN2O3/c1-22-16-9-12(5-7-15(16)19(20)21)18-14-6-3-10-2-4-11(17)8-13(10)14/h2,4-5,7-9,14,18H,3,6H2,1H3. The molecule has 0 heterocycles. The third-order valence-corrected chi connectivity index (χ3v) is 3.90. The number of nitrogens with one attached hydrogen (secondary N) is 1. The van der Waals surface area contributed by atoms with Crippen LogP contribution in [-0.4, -0.2) is 12.0 Å². The number of nitro groups is 1. The van der Waals surface area contributed by atoms with Crippen LogP contribution in [0.15, 0.2) is 36.4 Å². The maximum Gasteiger partial charge on any atom is 0.311 e. The topological polar surface area (TPSA) is 64.4 Å². The lowest BCUT2D eigenvalue weighted by Crippen LogP contribution is -2.07. The van der Waals surface area contributed by atoms with Crippen LogP contribution in [0.3, 0.4) is 0 Å². The average Bonchev–Trinajstić information content (AvgIpc) is 2.89. The number of ether oxygens (including phenoxy) is 1. The Balaban J connectivity index is 1.86. The molecule has 0 saturated heterocycles. The van der Waals surface area contributed by atoms with Gasteiger partial charge in [-0.25, -0.2) is 4.39 Å². The molecule has 1 aliphatic carbocycles. The number of benzene rings is 2. The Labute approximate surface area is 126 Å². The van der Waals surface area contributed by atoms with E-state index in [1.807, 2.05) is 6.07 Å². The third kappa shape index (κ3) is 2.59. The molecule has 2 aromatic rings. The van der Waals surface area contributed by atoms with Crippen molar-refractivity contribution in [3.8, 4) is 5.75 Å². The van der Waals surface area contributed by atoms with Gasteiger partial charge in [0.05, 0.1) is 18.1 Å². The maximum atomic E-state index is 13.4. The second-order valence-corrected chi connectivity index (χ2v) is 5.22. The van der Waals surface area contributed by atoms with Gasteiger partial charge >= 0.3 is 5.69 Å². The molecule has 6 heteroatoms. The zero-order valence-electron chi connectivity index (χ0n) is 12.0. The number of nitrogens with zero attached hydrogens (tertiary/aromatic N) is 1. The molecule has 0 saturated carbocycles. The predicted molar refractivity (Wildman–Crippen MR) is 80.7 cm³/mol. The molecule has 1 N–H and O–H groups in total. The fourth-order valence-corrected chi connectivity index (χ4v) is 2.84. The summed E-state index contributed by atoms with van der Waals surface area (Å²) >= 11 is 0. The molecule has 114 valence electrons. The second kappa shape index (κ2) is 5.63. The normalized spacial score (nSPS) is 16.2. The number of hydrogen-bond acceptors (Lipinski definition) is 4. The van der Waals surface area contributed by atoms with E-state index in [1.54, 1.807) is 18.2 Å². The smallest absolute Gasteiger partial charge is 0.311 e. The first-order chi connectivity index (χ1) is 10.6. The van der Waals surface area contributed by atoms with Crippen molar-refractivity contribution < 1.29 is 14.1 Å². The van der Waals surface area contributed by atoms with Crippen LogP contribution in [0, 0.1) is 15.9 Å². The molecular weight excluding hydrogens is 287 g/mol. The van der Waals surface area contributed by atoms with Gasteiger partial charge in [-0.1, -0.05) is 6.07 Å². The van der Waals surface area contributed by atoms with Gasteiger partial charge in [0.2, 0.25) is 0 Å². The number of halogens is 1. The highest BCUT2D eigenvalue weighted by Gasteiger charge is 2.23. The first-order valence-electron chi connectivity index (χ1n) is 6.96. The Morgan fingerprint density at radius 3 is 2.86 bits per heavy atom. The van der Waals surface area contributed by atoms with Crippen LogP contribution < -0.4 is 10.1 Å². The number of nitro benzene ring substituents is 1. The summed E-state index contributed by atoms with van der Waals surface area (Å²) < 4.78 is 18.5. The molecule has 5 nitrogen and oxygen atoms in total. The summed E-state index contributed by atoms with van der Waals surface area (Å²) in [6.45, 7) is 0. The van der Waals surface area contributed by atoms with Gasteiger partial charge < -0.3 is 10.1 Å². The second-order valence-electron chi connectivity index (χ2n) is 5.22. The van der Waals surface area contributed by atoms with Crippen molar-refractivity contribution in [3.63, 3.8) is 0 Å². The molecule has 0 fully saturated rings. The van der Waals surface area contributed by atoms with E-state index in [-0.39, 0.29) is 23.3 Å². The minimum atomic E-state index is -0.483. The number of methoxy groups -OCH3 is 1. The Hall–Kier alpha value is -2.63. The van der Waals surface area contributed by atoms with Crippen molar-refractivity contribution in [3.05, 3.63) is 63.5 Å². The van der Waals surface area contributed by atoms with Crippen LogP contribution in [0.4, 0.5) is 15.8 Å². The molecule has 2 aromatic carbocycles. The number of aryl methyl sites for hydroxylation is 1. The fraction of sp³-hybridized carbons (Fsp3) is 0.250. The summed E-state index contributed by atoms with van der Waals surface area (Å²) in [7, 11) is 1.40. The average molecular weight is 302 g/mol. The van der Waals surface area contributed by atoms with Crippen molar-refractivity contribution in [2.24, 2.45) is 0 Å². The van der Waals surface area contributed by atoms with Crippen LogP contribution in [-0.2, 0) is 6.42 Å². The van der Waals surface area contributed by atoms with Gasteiger partial charge in [0.25, 0.3) is 0 Å². The molecule has 1 unspecified atom stereocenters. The lowest BCUT2D eigenvalue weighted by Gasteiger charge is -2.16. The highest BCUT2D eigenvalue weighted by Crippen LogP contribution is 2.36. The molecule has 0 amide bonds. The summed E-state index contributed by atoms with van der Waals surface area (Å²) in [5.41, 5.74) is 2.71.